The van der Waals surface area contributed by atoms with Crippen LogP contribution in [0.2, 0.25) is 0 Å². The summed E-state index contributed by atoms with van der Waals surface area (Å²) < 4.78 is 0. The van der Waals surface area contributed by atoms with E-state index in [1.807, 2.05) is 19.1 Å². The number of nitrogens with zero attached hydrogens (tertiary/aromatic N) is 2. The number of thiophene rings is 1. The Morgan fingerprint density at radius 1 is 1.43 bits per heavy atom. The summed E-state index contributed by atoms with van der Waals surface area (Å²) in [6.45, 7) is 4.12. The third-order valence-corrected chi connectivity index (χ3v) is 5.65. The molecule has 1 amide bonds. The van der Waals surface area contributed by atoms with E-state index in [-0.39, 0.29) is 5.91 Å². The largest absolute Gasteiger partial charge is 0.281 e. The van der Waals surface area contributed by atoms with Crippen molar-refractivity contribution in [2.75, 3.05) is 0 Å². The molecule has 1 atom stereocenters. The monoisotopic (exact) mass is 327 g/mol. The summed E-state index contributed by atoms with van der Waals surface area (Å²) in [6.07, 6.45) is 8.10. The standard InChI is InChI=1S/C18H21N3OS/c1-3-13-4-5-16-15(10-13)11-17(23-16)18(22)21-20-12(2)14-6-8-19-9-7-14/h6-9,11,13H,3-5,10H2,1-2H3,(H,21,22)/b20-12-. The first-order chi connectivity index (χ1) is 11.2. The molecule has 1 aliphatic carbocycles. The van der Waals surface area contributed by atoms with Crippen molar-refractivity contribution in [1.82, 2.24) is 10.4 Å². The third kappa shape index (κ3) is 3.67. The van der Waals surface area contributed by atoms with Crippen LogP contribution < -0.4 is 5.43 Å². The molecule has 0 bridgehead atoms. The van der Waals surface area contributed by atoms with Crippen molar-refractivity contribution in [3.63, 3.8) is 0 Å². The Hall–Kier alpha value is -2.01. The van der Waals surface area contributed by atoms with Crippen molar-refractivity contribution >= 4 is 23.0 Å². The number of fused-ring (bicyclic) bond motifs is 1. The number of pyridine rings is 1. The highest BCUT2D eigenvalue weighted by Crippen LogP contribution is 2.33. The maximum absolute atomic E-state index is 12.3. The zero-order valence-electron chi connectivity index (χ0n) is 13.5. The van der Waals surface area contributed by atoms with Crippen LogP contribution in [0.15, 0.2) is 35.7 Å². The van der Waals surface area contributed by atoms with Gasteiger partial charge in [0.05, 0.1) is 10.6 Å². The fraction of sp³-hybridized carbons (Fsp3) is 0.389. The Balaban J connectivity index is 1.69. The van der Waals surface area contributed by atoms with E-state index in [2.05, 4.69) is 28.5 Å². The molecule has 2 aromatic rings. The molecular formula is C18H21N3OS. The first kappa shape index (κ1) is 15.9. The fourth-order valence-corrected chi connectivity index (χ4v) is 4.01. The number of hydrogen-bond donors (Lipinski definition) is 1. The van der Waals surface area contributed by atoms with Crippen LogP contribution in [0.5, 0.6) is 0 Å². The lowest BCUT2D eigenvalue weighted by molar-refractivity contribution is 0.0959. The fourth-order valence-electron chi connectivity index (χ4n) is 2.91. The van der Waals surface area contributed by atoms with E-state index in [1.54, 1.807) is 23.7 Å². The molecule has 0 spiro atoms. The number of aryl methyl sites for hydroxylation is 1. The first-order valence-electron chi connectivity index (χ1n) is 8.04. The van der Waals surface area contributed by atoms with E-state index in [1.165, 1.54) is 23.3 Å². The molecule has 0 aromatic carbocycles. The van der Waals surface area contributed by atoms with Gasteiger partial charge < -0.3 is 0 Å². The number of nitrogens with one attached hydrogen (secondary N) is 1. The normalized spacial score (nSPS) is 17.7. The Bertz CT molecular complexity index is 721. The maximum atomic E-state index is 12.3. The molecule has 3 rings (SSSR count). The summed E-state index contributed by atoms with van der Waals surface area (Å²) in [5, 5.41) is 4.20. The van der Waals surface area contributed by atoms with Crippen LogP contribution in [0.3, 0.4) is 0 Å². The van der Waals surface area contributed by atoms with Crippen LogP contribution >= 0.6 is 11.3 Å². The lowest BCUT2D eigenvalue weighted by atomic mass is 9.87. The first-order valence-corrected chi connectivity index (χ1v) is 8.85. The van der Waals surface area contributed by atoms with Crippen molar-refractivity contribution in [3.8, 4) is 0 Å². The molecule has 1 N–H and O–H groups in total. The number of carbonyl (C=O) groups is 1. The van der Waals surface area contributed by atoms with Crippen LogP contribution in [-0.4, -0.2) is 16.6 Å². The number of hydrogen-bond acceptors (Lipinski definition) is 4. The lowest BCUT2D eigenvalue weighted by Crippen LogP contribution is -2.18. The van der Waals surface area contributed by atoms with E-state index < -0.39 is 0 Å². The van der Waals surface area contributed by atoms with Crippen molar-refractivity contribution < 1.29 is 4.79 Å². The van der Waals surface area contributed by atoms with Gasteiger partial charge in [0, 0.05) is 22.8 Å². The van der Waals surface area contributed by atoms with Gasteiger partial charge in [-0.25, -0.2) is 5.43 Å². The Labute approximate surface area is 140 Å². The van der Waals surface area contributed by atoms with E-state index in [0.717, 1.165) is 34.9 Å². The van der Waals surface area contributed by atoms with Crippen LogP contribution in [0, 0.1) is 5.92 Å². The van der Waals surface area contributed by atoms with Crippen LogP contribution in [-0.2, 0) is 12.8 Å². The molecule has 1 aliphatic rings. The van der Waals surface area contributed by atoms with Crippen molar-refractivity contribution in [2.45, 2.75) is 39.5 Å². The molecule has 0 saturated carbocycles. The molecule has 5 heteroatoms. The Morgan fingerprint density at radius 3 is 2.96 bits per heavy atom. The van der Waals surface area contributed by atoms with Gasteiger partial charge in [0.25, 0.3) is 5.91 Å². The highest BCUT2D eigenvalue weighted by Gasteiger charge is 2.21. The molecule has 0 radical (unpaired) electrons. The van der Waals surface area contributed by atoms with Crippen LogP contribution in [0.4, 0.5) is 0 Å². The van der Waals surface area contributed by atoms with E-state index in [9.17, 15) is 4.79 Å². The summed E-state index contributed by atoms with van der Waals surface area (Å²) >= 11 is 1.61. The number of rotatable bonds is 4. The third-order valence-electron chi connectivity index (χ3n) is 4.41. The van der Waals surface area contributed by atoms with Gasteiger partial charge >= 0.3 is 0 Å². The predicted octanol–water partition coefficient (Wildman–Crippen LogP) is 3.81. The second-order valence-corrected chi connectivity index (χ2v) is 7.09. The predicted molar refractivity (Wildman–Crippen MR) is 94.0 cm³/mol. The maximum Gasteiger partial charge on any atom is 0.281 e. The van der Waals surface area contributed by atoms with Gasteiger partial charge in [0.1, 0.15) is 0 Å². The minimum atomic E-state index is -0.120. The molecular weight excluding hydrogens is 306 g/mol. The number of hydrazone groups is 1. The van der Waals surface area contributed by atoms with Crippen molar-refractivity contribution in [2.24, 2.45) is 11.0 Å². The topological polar surface area (TPSA) is 54.4 Å². The minimum Gasteiger partial charge on any atom is -0.266 e. The van der Waals surface area contributed by atoms with Crippen LogP contribution in [0.1, 0.15) is 52.4 Å². The van der Waals surface area contributed by atoms with E-state index in [0.29, 0.717) is 0 Å². The van der Waals surface area contributed by atoms with Gasteiger partial charge in [-0.05, 0) is 55.9 Å². The zero-order chi connectivity index (χ0) is 16.2. The minimum absolute atomic E-state index is 0.120. The molecule has 1 unspecified atom stereocenters. The molecule has 23 heavy (non-hydrogen) atoms. The molecule has 4 nitrogen and oxygen atoms in total. The van der Waals surface area contributed by atoms with Gasteiger partial charge in [-0.15, -0.1) is 11.3 Å². The zero-order valence-corrected chi connectivity index (χ0v) is 14.3. The molecule has 2 aromatic heterocycles. The van der Waals surface area contributed by atoms with Gasteiger partial charge in [0.15, 0.2) is 0 Å². The summed E-state index contributed by atoms with van der Waals surface area (Å²) in [5.41, 5.74) is 5.75. The lowest BCUT2D eigenvalue weighted by Gasteiger charge is -2.19. The number of aromatic nitrogens is 1. The summed E-state index contributed by atoms with van der Waals surface area (Å²) in [7, 11) is 0. The molecule has 120 valence electrons. The van der Waals surface area contributed by atoms with Gasteiger partial charge in [-0.1, -0.05) is 13.3 Å². The summed E-state index contributed by atoms with van der Waals surface area (Å²) in [6, 6.07) is 5.80. The average molecular weight is 327 g/mol. The molecule has 2 heterocycles. The number of amides is 1. The van der Waals surface area contributed by atoms with E-state index in [4.69, 9.17) is 0 Å². The molecule has 0 saturated heterocycles. The summed E-state index contributed by atoms with van der Waals surface area (Å²) in [5.74, 6) is 0.644. The summed E-state index contributed by atoms with van der Waals surface area (Å²) in [4.78, 5) is 18.4. The van der Waals surface area contributed by atoms with Crippen molar-refractivity contribution in [3.05, 3.63) is 51.5 Å². The highest BCUT2D eigenvalue weighted by molar-refractivity contribution is 7.14. The van der Waals surface area contributed by atoms with E-state index >= 15 is 0 Å². The number of carbonyl (C=O) groups excluding carboxylic acids is 1. The second-order valence-electron chi connectivity index (χ2n) is 5.95. The smallest absolute Gasteiger partial charge is 0.266 e. The molecule has 0 aliphatic heterocycles. The average Bonchev–Trinajstić information content (AvgIpc) is 3.03. The Morgan fingerprint density at radius 2 is 2.22 bits per heavy atom. The van der Waals surface area contributed by atoms with Gasteiger partial charge in [-0.2, -0.15) is 5.10 Å². The van der Waals surface area contributed by atoms with Gasteiger partial charge in [0.2, 0.25) is 0 Å². The quantitative estimate of drug-likeness (QED) is 0.686. The Kier molecular flexibility index (Phi) is 4.86. The molecule has 0 fully saturated rings. The van der Waals surface area contributed by atoms with Gasteiger partial charge in [-0.3, -0.25) is 9.78 Å². The highest BCUT2D eigenvalue weighted by atomic mass is 32.1. The van der Waals surface area contributed by atoms with Crippen molar-refractivity contribution in [1.29, 1.82) is 0 Å². The second kappa shape index (κ2) is 7.04. The van der Waals surface area contributed by atoms with Crippen LogP contribution in [0.25, 0.3) is 0 Å². The SMILES string of the molecule is CCC1CCc2sc(C(=O)N/N=C(/C)c3ccncc3)cc2C1.